The third-order valence-electron chi connectivity index (χ3n) is 4.82. The SMILES string of the molecule is CC(=O)N[C@@H]1[C@@H](OCCN2C(=O)CCC2=O)O[C@@H](COC(C)=O)[C@@H](OC(C)=O)[C@@H]1OC(C)=O. The summed E-state index contributed by atoms with van der Waals surface area (Å²) in [6, 6.07) is -1.12. The number of ether oxygens (including phenoxy) is 5. The Labute approximate surface area is 190 Å². The monoisotopic (exact) mass is 472 g/mol. The Hall–Kier alpha value is -3.06. The fraction of sp³-hybridized carbons (Fsp3) is 0.700. The van der Waals surface area contributed by atoms with E-state index in [9.17, 15) is 28.8 Å². The van der Waals surface area contributed by atoms with Crippen molar-refractivity contribution in [3.63, 3.8) is 0 Å². The van der Waals surface area contributed by atoms with Gasteiger partial charge in [0.2, 0.25) is 17.7 Å². The first kappa shape index (κ1) is 26.2. The minimum absolute atomic E-state index is 0.0511. The minimum Gasteiger partial charge on any atom is -0.463 e. The van der Waals surface area contributed by atoms with E-state index in [1.807, 2.05) is 0 Å². The first-order valence-electron chi connectivity index (χ1n) is 10.3. The summed E-state index contributed by atoms with van der Waals surface area (Å²) < 4.78 is 27.2. The van der Waals surface area contributed by atoms with Crippen LogP contribution >= 0.6 is 0 Å². The molecule has 33 heavy (non-hydrogen) atoms. The molecule has 2 fully saturated rings. The molecule has 2 rings (SSSR count). The van der Waals surface area contributed by atoms with Crippen molar-refractivity contribution in [3.8, 4) is 0 Å². The lowest BCUT2D eigenvalue weighted by atomic mass is 9.96. The van der Waals surface area contributed by atoms with Crippen LogP contribution in [0, 0.1) is 0 Å². The number of imide groups is 1. The van der Waals surface area contributed by atoms with Crippen molar-refractivity contribution in [3.05, 3.63) is 0 Å². The predicted molar refractivity (Wildman–Crippen MR) is 106 cm³/mol. The van der Waals surface area contributed by atoms with Crippen molar-refractivity contribution < 1.29 is 52.5 Å². The maximum absolute atomic E-state index is 11.8. The number of nitrogens with one attached hydrogen (secondary N) is 1. The smallest absolute Gasteiger partial charge is 0.303 e. The van der Waals surface area contributed by atoms with Gasteiger partial charge in [0.1, 0.15) is 18.8 Å². The third kappa shape index (κ3) is 7.49. The van der Waals surface area contributed by atoms with E-state index in [1.54, 1.807) is 0 Å². The van der Waals surface area contributed by atoms with Gasteiger partial charge in [0.25, 0.3) is 0 Å². The largest absolute Gasteiger partial charge is 0.463 e. The molecule has 13 heteroatoms. The molecule has 0 unspecified atom stereocenters. The Morgan fingerprint density at radius 2 is 1.52 bits per heavy atom. The highest BCUT2D eigenvalue weighted by atomic mass is 16.7. The van der Waals surface area contributed by atoms with Gasteiger partial charge in [-0.3, -0.25) is 33.7 Å². The zero-order valence-corrected chi connectivity index (χ0v) is 18.9. The quantitative estimate of drug-likeness (QED) is 0.244. The van der Waals surface area contributed by atoms with Gasteiger partial charge in [0.05, 0.1) is 13.2 Å². The van der Waals surface area contributed by atoms with Crippen LogP contribution in [0.2, 0.25) is 0 Å². The number of amides is 3. The summed E-state index contributed by atoms with van der Waals surface area (Å²) in [6.07, 6.45) is -4.59. The summed E-state index contributed by atoms with van der Waals surface area (Å²) >= 11 is 0. The summed E-state index contributed by atoms with van der Waals surface area (Å²) in [4.78, 5) is 71.3. The van der Waals surface area contributed by atoms with Crippen LogP contribution in [0.15, 0.2) is 0 Å². The van der Waals surface area contributed by atoms with Crippen LogP contribution in [0.3, 0.4) is 0 Å². The van der Waals surface area contributed by atoms with Gasteiger partial charge in [0, 0.05) is 40.5 Å². The molecule has 3 amide bonds. The molecular weight excluding hydrogens is 444 g/mol. The number of likely N-dealkylation sites (tertiary alicyclic amines) is 1. The van der Waals surface area contributed by atoms with Gasteiger partial charge in [-0.25, -0.2) is 0 Å². The van der Waals surface area contributed by atoms with Crippen LogP contribution in [0.5, 0.6) is 0 Å². The molecule has 0 aromatic rings. The molecule has 2 heterocycles. The van der Waals surface area contributed by atoms with Crippen molar-refractivity contribution in [2.75, 3.05) is 19.8 Å². The van der Waals surface area contributed by atoms with Crippen LogP contribution in [-0.2, 0) is 52.5 Å². The summed E-state index contributed by atoms with van der Waals surface area (Å²) in [5.74, 6) is -3.25. The number of nitrogens with zero attached hydrogens (tertiary/aromatic N) is 1. The number of hydrogen-bond acceptors (Lipinski definition) is 11. The first-order chi connectivity index (χ1) is 15.5. The Morgan fingerprint density at radius 3 is 2.03 bits per heavy atom. The molecule has 0 radical (unpaired) electrons. The van der Waals surface area contributed by atoms with Crippen molar-refractivity contribution in [1.82, 2.24) is 10.2 Å². The molecule has 0 aromatic carbocycles. The molecule has 5 atom stereocenters. The van der Waals surface area contributed by atoms with Gasteiger partial charge < -0.3 is 29.0 Å². The normalized spacial score (nSPS) is 27.2. The highest BCUT2D eigenvalue weighted by molar-refractivity contribution is 6.01. The van der Waals surface area contributed by atoms with Crippen LogP contribution in [0.25, 0.3) is 0 Å². The number of carbonyl (C=O) groups is 6. The van der Waals surface area contributed by atoms with E-state index in [0.29, 0.717) is 0 Å². The van der Waals surface area contributed by atoms with E-state index in [1.165, 1.54) is 13.8 Å². The fourth-order valence-electron chi connectivity index (χ4n) is 3.57. The lowest BCUT2D eigenvalue weighted by Crippen LogP contribution is -2.66. The molecule has 2 aliphatic heterocycles. The van der Waals surface area contributed by atoms with E-state index >= 15 is 0 Å². The van der Waals surface area contributed by atoms with Gasteiger partial charge in [-0.2, -0.15) is 0 Å². The van der Waals surface area contributed by atoms with Crippen molar-refractivity contribution in [2.24, 2.45) is 0 Å². The summed E-state index contributed by atoms with van der Waals surface area (Å²) in [7, 11) is 0. The Morgan fingerprint density at radius 1 is 0.939 bits per heavy atom. The minimum atomic E-state index is -1.25. The average molecular weight is 472 g/mol. The van der Waals surface area contributed by atoms with Crippen molar-refractivity contribution >= 4 is 35.6 Å². The molecule has 0 spiro atoms. The average Bonchev–Trinajstić information content (AvgIpc) is 3.01. The number of rotatable bonds is 9. The molecule has 0 aromatic heterocycles. The van der Waals surface area contributed by atoms with Gasteiger partial charge in [-0.15, -0.1) is 0 Å². The molecule has 2 aliphatic rings. The third-order valence-corrected chi connectivity index (χ3v) is 4.82. The topological polar surface area (TPSA) is 164 Å². The summed E-state index contributed by atoms with van der Waals surface area (Å²) in [6.45, 7) is 4.09. The highest BCUT2D eigenvalue weighted by Gasteiger charge is 2.51. The summed E-state index contributed by atoms with van der Waals surface area (Å²) in [5.41, 5.74) is 0. The standard InChI is InChI=1S/C20H28N2O11/c1-10(23)21-17-19(32-13(4)26)18(31-12(3)25)14(9-30-11(2)24)33-20(17)29-8-7-22-15(27)5-6-16(22)28/h14,17-20H,5-9H2,1-4H3,(H,21,23)/t14-,17-,18+,19+,20-/m0/s1. The fourth-order valence-corrected chi connectivity index (χ4v) is 3.57. The van der Waals surface area contributed by atoms with E-state index in [-0.39, 0.29) is 44.4 Å². The van der Waals surface area contributed by atoms with Crippen molar-refractivity contribution in [1.29, 1.82) is 0 Å². The second-order valence-electron chi connectivity index (χ2n) is 7.53. The molecular formula is C20H28N2O11. The van der Waals surface area contributed by atoms with E-state index in [2.05, 4.69) is 5.32 Å². The van der Waals surface area contributed by atoms with Crippen LogP contribution in [0.1, 0.15) is 40.5 Å². The zero-order chi connectivity index (χ0) is 24.7. The van der Waals surface area contributed by atoms with Crippen LogP contribution < -0.4 is 5.32 Å². The Kier molecular flexibility index (Phi) is 9.29. The summed E-state index contributed by atoms with van der Waals surface area (Å²) in [5, 5.41) is 2.56. The molecule has 1 N–H and O–H groups in total. The van der Waals surface area contributed by atoms with Gasteiger partial charge >= 0.3 is 17.9 Å². The second kappa shape index (κ2) is 11.7. The van der Waals surface area contributed by atoms with Crippen LogP contribution in [0.4, 0.5) is 0 Å². The van der Waals surface area contributed by atoms with E-state index in [0.717, 1.165) is 18.7 Å². The van der Waals surface area contributed by atoms with Gasteiger partial charge in [0.15, 0.2) is 18.5 Å². The first-order valence-corrected chi connectivity index (χ1v) is 10.3. The number of hydrogen-bond donors (Lipinski definition) is 1. The molecule has 2 saturated heterocycles. The van der Waals surface area contributed by atoms with Gasteiger partial charge in [-0.1, -0.05) is 0 Å². The lowest BCUT2D eigenvalue weighted by molar-refractivity contribution is -0.277. The molecule has 13 nitrogen and oxygen atoms in total. The van der Waals surface area contributed by atoms with E-state index in [4.69, 9.17) is 23.7 Å². The lowest BCUT2D eigenvalue weighted by Gasteiger charge is -2.45. The Balaban J connectivity index is 2.27. The molecule has 0 saturated carbocycles. The maximum Gasteiger partial charge on any atom is 0.303 e. The molecule has 0 aliphatic carbocycles. The molecule has 184 valence electrons. The van der Waals surface area contributed by atoms with Gasteiger partial charge in [-0.05, 0) is 0 Å². The van der Waals surface area contributed by atoms with Crippen molar-refractivity contribution in [2.45, 2.75) is 71.2 Å². The molecule has 0 bridgehead atoms. The zero-order valence-electron chi connectivity index (χ0n) is 18.9. The number of carbonyl (C=O) groups excluding carboxylic acids is 6. The predicted octanol–water partition coefficient (Wildman–Crippen LogP) is -1.19. The highest BCUT2D eigenvalue weighted by Crippen LogP contribution is 2.28. The number of esters is 3. The maximum atomic E-state index is 11.8. The van der Waals surface area contributed by atoms with E-state index < -0.39 is 54.5 Å². The Bertz CT molecular complexity index is 783. The van der Waals surface area contributed by atoms with Crippen LogP contribution in [-0.4, -0.2) is 90.9 Å². The second-order valence-corrected chi connectivity index (χ2v) is 7.53.